The number of pyridine rings is 1. The molecule has 3 N–H and O–H groups in total. The molecule has 0 bridgehead atoms. The van der Waals surface area contributed by atoms with E-state index in [1.54, 1.807) is 43.3 Å². The molecule has 2 aromatic rings. The van der Waals surface area contributed by atoms with Crippen LogP contribution in [-0.2, 0) is 9.53 Å². The SMILES string of the molecule is CNC(=O)N(C)CCN(C=N)c1ccc(-c2ccc(N3CC(CNC(C)=O)OC3=O)cc2F)cn1. The number of nitrogens with zero attached hydrogens (tertiary/aromatic N) is 4. The number of urea groups is 1. The van der Waals surface area contributed by atoms with Crippen LogP contribution in [-0.4, -0.2) is 80.6 Å². The van der Waals surface area contributed by atoms with Crippen LogP contribution in [0.3, 0.4) is 0 Å². The quantitative estimate of drug-likeness (QED) is 0.368. The van der Waals surface area contributed by atoms with Crippen LogP contribution in [0.1, 0.15) is 6.92 Å². The van der Waals surface area contributed by atoms with Crippen LogP contribution in [0, 0.1) is 11.2 Å². The van der Waals surface area contributed by atoms with E-state index < -0.39 is 18.0 Å². The second kappa shape index (κ2) is 11.3. The van der Waals surface area contributed by atoms with Gasteiger partial charge in [0.1, 0.15) is 17.7 Å². The van der Waals surface area contributed by atoms with Gasteiger partial charge in [0.25, 0.3) is 0 Å². The molecule has 1 saturated heterocycles. The fourth-order valence-corrected chi connectivity index (χ4v) is 3.51. The second-order valence-electron chi connectivity index (χ2n) is 7.92. The van der Waals surface area contributed by atoms with Crippen LogP contribution in [0.15, 0.2) is 36.5 Å². The molecule has 1 aromatic carbocycles. The van der Waals surface area contributed by atoms with Gasteiger partial charge in [-0.3, -0.25) is 15.1 Å². The smallest absolute Gasteiger partial charge is 0.414 e. The average molecular weight is 486 g/mol. The molecule has 2 heterocycles. The molecule has 0 aliphatic carbocycles. The van der Waals surface area contributed by atoms with Gasteiger partial charge in [-0.05, 0) is 30.3 Å². The minimum absolute atomic E-state index is 0.186. The number of carbonyl (C=O) groups is 3. The number of anilines is 2. The number of likely N-dealkylation sites (N-methyl/N-ethyl adjacent to an activating group) is 1. The van der Waals surface area contributed by atoms with Crippen molar-refractivity contribution in [2.24, 2.45) is 0 Å². The number of cyclic esters (lactones) is 1. The van der Waals surface area contributed by atoms with Gasteiger partial charge in [-0.1, -0.05) is 0 Å². The van der Waals surface area contributed by atoms with Gasteiger partial charge in [-0.15, -0.1) is 0 Å². The zero-order valence-corrected chi connectivity index (χ0v) is 19.7. The van der Waals surface area contributed by atoms with Gasteiger partial charge in [-0.2, -0.15) is 0 Å². The molecule has 11 nitrogen and oxygen atoms in total. The Balaban J connectivity index is 1.68. The molecule has 0 saturated carbocycles. The molecular formula is C23H28FN7O4. The largest absolute Gasteiger partial charge is 0.442 e. The molecule has 35 heavy (non-hydrogen) atoms. The molecule has 3 rings (SSSR count). The van der Waals surface area contributed by atoms with Crippen LogP contribution in [0.25, 0.3) is 11.1 Å². The molecule has 186 valence electrons. The fraction of sp³-hybridized carbons (Fsp3) is 0.348. The Morgan fingerprint density at radius 3 is 2.69 bits per heavy atom. The molecule has 0 radical (unpaired) electrons. The van der Waals surface area contributed by atoms with Gasteiger partial charge in [0.05, 0.1) is 25.1 Å². The van der Waals surface area contributed by atoms with E-state index in [-0.39, 0.29) is 25.0 Å². The number of hydrogen-bond acceptors (Lipinski definition) is 6. The van der Waals surface area contributed by atoms with Crippen molar-refractivity contribution in [2.75, 3.05) is 50.1 Å². The van der Waals surface area contributed by atoms with Gasteiger partial charge in [-0.25, -0.2) is 19.0 Å². The summed E-state index contributed by atoms with van der Waals surface area (Å²) in [5.74, 6) is -0.281. The number of amides is 4. The lowest BCUT2D eigenvalue weighted by atomic mass is 10.1. The molecule has 1 unspecified atom stereocenters. The molecule has 4 amide bonds. The first-order chi connectivity index (χ1) is 16.7. The zero-order valence-electron chi connectivity index (χ0n) is 19.7. The van der Waals surface area contributed by atoms with Gasteiger partial charge >= 0.3 is 12.1 Å². The number of hydrogen-bond donors (Lipinski definition) is 3. The summed E-state index contributed by atoms with van der Waals surface area (Å²) in [6.45, 7) is 2.49. The van der Waals surface area contributed by atoms with Crippen molar-refractivity contribution in [3.05, 3.63) is 42.3 Å². The van der Waals surface area contributed by atoms with E-state index in [1.165, 1.54) is 29.0 Å². The van der Waals surface area contributed by atoms with Gasteiger partial charge in [0.2, 0.25) is 5.91 Å². The summed E-state index contributed by atoms with van der Waals surface area (Å²) in [7, 11) is 3.19. The van der Waals surface area contributed by atoms with Crippen LogP contribution < -0.4 is 20.4 Å². The maximum Gasteiger partial charge on any atom is 0.414 e. The monoisotopic (exact) mass is 485 g/mol. The number of benzene rings is 1. The van der Waals surface area contributed by atoms with E-state index in [9.17, 15) is 18.8 Å². The first kappa shape index (κ1) is 25.4. The normalized spacial score (nSPS) is 14.8. The fourth-order valence-electron chi connectivity index (χ4n) is 3.51. The van der Waals surface area contributed by atoms with Crippen molar-refractivity contribution in [1.82, 2.24) is 20.5 Å². The zero-order chi connectivity index (χ0) is 25.5. The van der Waals surface area contributed by atoms with E-state index in [4.69, 9.17) is 10.1 Å². The summed E-state index contributed by atoms with van der Waals surface area (Å²) in [5.41, 5.74) is 1.18. The first-order valence-electron chi connectivity index (χ1n) is 10.9. The van der Waals surface area contributed by atoms with E-state index in [0.717, 1.165) is 6.34 Å². The third kappa shape index (κ3) is 6.22. The Kier molecular flexibility index (Phi) is 8.18. The van der Waals surface area contributed by atoms with Crippen LogP contribution in [0.2, 0.25) is 0 Å². The van der Waals surface area contributed by atoms with Crippen LogP contribution in [0.5, 0.6) is 0 Å². The molecule has 1 fully saturated rings. The Labute approximate surface area is 202 Å². The highest BCUT2D eigenvalue weighted by Gasteiger charge is 2.32. The predicted octanol–water partition coefficient (Wildman–Crippen LogP) is 2.03. The molecule has 1 atom stereocenters. The summed E-state index contributed by atoms with van der Waals surface area (Å²) in [4.78, 5) is 43.6. The Bertz CT molecular complexity index is 1100. The third-order valence-electron chi connectivity index (χ3n) is 5.46. The minimum atomic E-state index is -0.604. The maximum atomic E-state index is 15.0. The minimum Gasteiger partial charge on any atom is -0.442 e. The number of halogens is 1. The molecule has 12 heteroatoms. The van der Waals surface area contributed by atoms with Gasteiger partial charge in [0.15, 0.2) is 0 Å². The highest BCUT2D eigenvalue weighted by molar-refractivity contribution is 5.90. The summed E-state index contributed by atoms with van der Waals surface area (Å²) < 4.78 is 20.2. The summed E-state index contributed by atoms with van der Waals surface area (Å²) in [6, 6.07) is 7.55. The highest BCUT2D eigenvalue weighted by atomic mass is 19.1. The molecular weight excluding hydrogens is 457 g/mol. The number of rotatable bonds is 9. The van der Waals surface area contributed by atoms with Crippen molar-refractivity contribution in [1.29, 1.82) is 5.41 Å². The topological polar surface area (TPSA) is 131 Å². The predicted molar refractivity (Wildman–Crippen MR) is 129 cm³/mol. The van der Waals surface area contributed by atoms with Crippen molar-refractivity contribution < 1.29 is 23.5 Å². The summed E-state index contributed by atoms with van der Waals surface area (Å²) in [5, 5.41) is 12.8. The van der Waals surface area contributed by atoms with Crippen LogP contribution >= 0.6 is 0 Å². The van der Waals surface area contributed by atoms with Crippen molar-refractivity contribution in [3.8, 4) is 11.1 Å². The molecule has 1 aliphatic heterocycles. The molecule has 1 aliphatic rings. The summed E-state index contributed by atoms with van der Waals surface area (Å²) >= 11 is 0. The Morgan fingerprint density at radius 2 is 2.09 bits per heavy atom. The van der Waals surface area contributed by atoms with E-state index in [1.807, 2.05) is 0 Å². The Morgan fingerprint density at radius 1 is 1.31 bits per heavy atom. The maximum absolute atomic E-state index is 15.0. The first-order valence-corrected chi connectivity index (χ1v) is 10.9. The van der Waals surface area contributed by atoms with Gasteiger partial charge < -0.3 is 25.2 Å². The third-order valence-corrected chi connectivity index (χ3v) is 5.46. The van der Waals surface area contributed by atoms with E-state index in [2.05, 4.69) is 15.6 Å². The lowest BCUT2D eigenvalue weighted by Crippen LogP contribution is -2.40. The van der Waals surface area contributed by atoms with Gasteiger partial charge in [0, 0.05) is 51.4 Å². The average Bonchev–Trinajstić information content (AvgIpc) is 3.23. The van der Waals surface area contributed by atoms with Crippen molar-refractivity contribution in [2.45, 2.75) is 13.0 Å². The van der Waals surface area contributed by atoms with Crippen molar-refractivity contribution in [3.63, 3.8) is 0 Å². The lowest BCUT2D eigenvalue weighted by Gasteiger charge is -2.22. The standard InChI is InChI=1S/C23H28FN7O4/c1-15(32)27-12-18-13-31(23(34)35-18)17-5-6-19(20(24)10-17)16-4-7-21(28-11-16)30(14-25)9-8-29(3)22(33)26-2/h4-7,10-11,14,18,25H,8-9,12-13H2,1-3H3,(H,26,33)(H,27,32). The number of carbonyl (C=O) groups excluding carboxylic acids is 3. The molecule has 1 aromatic heterocycles. The van der Waals surface area contributed by atoms with E-state index in [0.29, 0.717) is 35.7 Å². The Hall–Kier alpha value is -4.22. The summed E-state index contributed by atoms with van der Waals surface area (Å²) in [6.07, 6.45) is 1.50. The van der Waals surface area contributed by atoms with E-state index >= 15 is 0 Å². The second-order valence-corrected chi connectivity index (χ2v) is 7.92. The number of nitrogens with one attached hydrogen (secondary N) is 3. The van der Waals surface area contributed by atoms with Crippen LogP contribution in [0.4, 0.5) is 25.5 Å². The highest BCUT2D eigenvalue weighted by Crippen LogP contribution is 2.29. The number of ether oxygens (including phenoxy) is 1. The number of aromatic nitrogens is 1. The lowest BCUT2D eigenvalue weighted by molar-refractivity contribution is -0.119. The van der Waals surface area contributed by atoms with Crippen molar-refractivity contribution >= 4 is 35.9 Å². The molecule has 0 spiro atoms.